The van der Waals surface area contributed by atoms with Crippen LogP contribution in [0.15, 0.2) is 0 Å². The molecule has 0 aromatic rings. The molecule has 134 valence electrons. The number of carbonyl (C=O) groups excluding carboxylic acids is 2. The zero-order chi connectivity index (χ0) is 18.0. The Balaban J connectivity index is 1.80. The molecule has 0 aromatic carbocycles. The Bertz CT molecular complexity index is 551. The van der Waals surface area contributed by atoms with E-state index in [4.69, 9.17) is 0 Å². The van der Waals surface area contributed by atoms with Crippen molar-refractivity contribution in [1.29, 1.82) is 0 Å². The van der Waals surface area contributed by atoms with Crippen molar-refractivity contribution in [3.05, 3.63) is 20.2 Å². The molecule has 0 spiro atoms. The van der Waals surface area contributed by atoms with E-state index in [1.807, 2.05) is 13.8 Å². The third-order valence-electron chi connectivity index (χ3n) is 4.35. The number of hydrogen-bond acceptors (Lipinski definition) is 6. The first-order valence-corrected chi connectivity index (χ1v) is 8.05. The highest BCUT2D eigenvalue weighted by Gasteiger charge is 2.54. The lowest BCUT2D eigenvalue weighted by Gasteiger charge is -2.21. The molecular formula is C14H22N4O6. The molecule has 0 heterocycles. The Morgan fingerprint density at radius 1 is 1.04 bits per heavy atom. The van der Waals surface area contributed by atoms with E-state index in [0.717, 1.165) is 0 Å². The van der Waals surface area contributed by atoms with Crippen LogP contribution in [0.5, 0.6) is 0 Å². The molecule has 2 fully saturated rings. The lowest BCUT2D eigenvalue weighted by atomic mass is 10.0. The second-order valence-corrected chi connectivity index (χ2v) is 6.97. The zero-order valence-corrected chi connectivity index (χ0v) is 13.6. The standard InChI is InChI=1S/C14H22N4O6/c1-7(2)3-8(16-14(20)10-5-12(10)18(23)24)6-15-13(19)9-4-11(9)17(21)22/h7-12H,3-6H2,1-2H3,(H,15,19)(H,16,20)/t8-,9-,10-,11+,12+/m1/s1. The molecular weight excluding hydrogens is 320 g/mol. The molecule has 2 amide bonds. The fraction of sp³-hybridized carbons (Fsp3) is 0.857. The first-order chi connectivity index (χ1) is 11.2. The number of hydrogen-bond donors (Lipinski definition) is 2. The van der Waals surface area contributed by atoms with Gasteiger partial charge in [-0.1, -0.05) is 13.8 Å². The van der Waals surface area contributed by atoms with Gasteiger partial charge >= 0.3 is 0 Å². The Morgan fingerprint density at radius 2 is 1.54 bits per heavy atom. The summed E-state index contributed by atoms with van der Waals surface area (Å²) in [5, 5.41) is 26.6. The van der Waals surface area contributed by atoms with Crippen molar-refractivity contribution in [1.82, 2.24) is 10.6 Å². The van der Waals surface area contributed by atoms with E-state index in [9.17, 15) is 29.8 Å². The maximum Gasteiger partial charge on any atom is 0.230 e. The quantitative estimate of drug-likeness (QED) is 0.444. The minimum absolute atomic E-state index is 0.166. The highest BCUT2D eigenvalue weighted by molar-refractivity contribution is 5.83. The fourth-order valence-electron chi connectivity index (χ4n) is 2.82. The maximum absolute atomic E-state index is 12.0. The molecule has 0 unspecified atom stereocenters. The monoisotopic (exact) mass is 342 g/mol. The van der Waals surface area contributed by atoms with Crippen LogP contribution in [0.3, 0.4) is 0 Å². The minimum atomic E-state index is -0.813. The highest BCUT2D eigenvalue weighted by atomic mass is 16.6. The molecule has 2 N–H and O–H groups in total. The SMILES string of the molecule is CC(C)C[C@H](CNC(=O)[C@@H]1C[C@@H]1[N+](=O)[O-])NC(=O)[C@@H]1C[C@@H]1[N+](=O)[O-]. The average molecular weight is 342 g/mol. The van der Waals surface area contributed by atoms with E-state index >= 15 is 0 Å². The van der Waals surface area contributed by atoms with Crippen LogP contribution in [-0.2, 0) is 9.59 Å². The van der Waals surface area contributed by atoms with Crippen LogP contribution in [-0.4, -0.2) is 46.3 Å². The molecule has 10 heteroatoms. The fourth-order valence-corrected chi connectivity index (χ4v) is 2.82. The summed E-state index contributed by atoms with van der Waals surface area (Å²) in [5.74, 6) is -1.70. The first kappa shape index (κ1) is 18.1. The molecule has 2 aliphatic carbocycles. The van der Waals surface area contributed by atoms with Crippen LogP contribution < -0.4 is 10.6 Å². The molecule has 0 saturated heterocycles. The van der Waals surface area contributed by atoms with Crippen LogP contribution in [0.4, 0.5) is 0 Å². The zero-order valence-electron chi connectivity index (χ0n) is 13.6. The Kier molecular flexibility index (Phi) is 5.35. The van der Waals surface area contributed by atoms with Gasteiger partial charge in [0.15, 0.2) is 0 Å². The van der Waals surface area contributed by atoms with Crippen LogP contribution in [0, 0.1) is 38.0 Å². The number of nitro groups is 2. The van der Waals surface area contributed by atoms with E-state index in [1.54, 1.807) is 0 Å². The van der Waals surface area contributed by atoms with Crippen molar-refractivity contribution in [3.63, 3.8) is 0 Å². The minimum Gasteiger partial charge on any atom is -0.354 e. The summed E-state index contributed by atoms with van der Waals surface area (Å²) < 4.78 is 0. The Morgan fingerprint density at radius 3 is 1.96 bits per heavy atom. The van der Waals surface area contributed by atoms with E-state index < -0.39 is 33.8 Å². The second kappa shape index (κ2) is 7.10. The number of nitrogens with zero attached hydrogens (tertiary/aromatic N) is 2. The van der Waals surface area contributed by atoms with Gasteiger partial charge < -0.3 is 10.6 Å². The number of amides is 2. The molecule has 2 rings (SSSR count). The first-order valence-electron chi connectivity index (χ1n) is 8.05. The summed E-state index contributed by atoms with van der Waals surface area (Å²) in [7, 11) is 0. The van der Waals surface area contributed by atoms with Gasteiger partial charge in [-0.15, -0.1) is 0 Å². The molecule has 0 radical (unpaired) electrons. The lowest BCUT2D eigenvalue weighted by Crippen LogP contribution is -2.46. The van der Waals surface area contributed by atoms with Crippen LogP contribution in [0.1, 0.15) is 33.1 Å². The molecule has 10 nitrogen and oxygen atoms in total. The van der Waals surface area contributed by atoms with E-state index in [0.29, 0.717) is 6.42 Å². The van der Waals surface area contributed by atoms with Gasteiger partial charge in [0.2, 0.25) is 23.9 Å². The van der Waals surface area contributed by atoms with Crippen molar-refractivity contribution in [2.24, 2.45) is 17.8 Å². The summed E-state index contributed by atoms with van der Waals surface area (Å²) >= 11 is 0. The van der Waals surface area contributed by atoms with Crippen LogP contribution >= 0.6 is 0 Å². The number of carbonyl (C=O) groups is 2. The molecule has 0 bridgehead atoms. The summed E-state index contributed by atoms with van der Waals surface area (Å²) in [6, 6.07) is -1.97. The van der Waals surface area contributed by atoms with Crippen molar-refractivity contribution in [2.45, 2.75) is 51.2 Å². The van der Waals surface area contributed by atoms with Gasteiger partial charge in [-0.25, -0.2) is 0 Å². The summed E-state index contributed by atoms with van der Waals surface area (Å²) in [4.78, 5) is 44.2. The Hall–Kier alpha value is -2.26. The van der Waals surface area contributed by atoms with Crippen molar-refractivity contribution >= 4 is 11.8 Å². The molecule has 2 saturated carbocycles. The highest BCUT2D eigenvalue weighted by Crippen LogP contribution is 2.34. The van der Waals surface area contributed by atoms with Crippen LogP contribution in [0.25, 0.3) is 0 Å². The normalized spacial score (nSPS) is 28.8. The van der Waals surface area contributed by atoms with Gasteiger partial charge in [0.05, 0.1) is 0 Å². The third kappa shape index (κ3) is 4.62. The summed E-state index contributed by atoms with van der Waals surface area (Å²) in [6.45, 7) is 4.09. The predicted molar refractivity (Wildman–Crippen MR) is 82.2 cm³/mol. The van der Waals surface area contributed by atoms with Gasteiger partial charge in [-0.2, -0.15) is 0 Å². The van der Waals surface area contributed by atoms with Gasteiger partial charge in [-0.3, -0.25) is 29.8 Å². The predicted octanol–water partition coefficient (Wildman–Crippen LogP) is -0.0361. The van der Waals surface area contributed by atoms with Gasteiger partial charge in [0, 0.05) is 35.3 Å². The lowest BCUT2D eigenvalue weighted by molar-refractivity contribution is -0.497. The molecule has 5 atom stereocenters. The van der Waals surface area contributed by atoms with Gasteiger partial charge in [-0.05, 0) is 12.3 Å². The number of rotatable bonds is 9. The molecule has 2 aliphatic rings. The van der Waals surface area contributed by atoms with Crippen LogP contribution in [0.2, 0.25) is 0 Å². The topological polar surface area (TPSA) is 144 Å². The van der Waals surface area contributed by atoms with Crippen molar-refractivity contribution < 1.29 is 19.4 Å². The molecule has 24 heavy (non-hydrogen) atoms. The van der Waals surface area contributed by atoms with Crippen molar-refractivity contribution in [2.75, 3.05) is 6.54 Å². The average Bonchev–Trinajstić information content (AvgIpc) is 3.36. The largest absolute Gasteiger partial charge is 0.354 e. The van der Waals surface area contributed by atoms with E-state index in [-0.39, 0.29) is 43.2 Å². The smallest absolute Gasteiger partial charge is 0.230 e. The molecule has 0 aliphatic heterocycles. The van der Waals surface area contributed by atoms with E-state index in [1.165, 1.54) is 0 Å². The second-order valence-electron chi connectivity index (χ2n) is 6.97. The van der Waals surface area contributed by atoms with Crippen molar-refractivity contribution in [3.8, 4) is 0 Å². The Labute approximate surface area is 138 Å². The third-order valence-corrected chi connectivity index (χ3v) is 4.35. The summed E-state index contributed by atoms with van der Waals surface area (Å²) in [5.41, 5.74) is 0. The maximum atomic E-state index is 12.0. The number of nitrogens with one attached hydrogen (secondary N) is 2. The van der Waals surface area contributed by atoms with Gasteiger partial charge in [0.25, 0.3) is 0 Å². The van der Waals surface area contributed by atoms with E-state index in [2.05, 4.69) is 10.6 Å². The summed E-state index contributed by atoms with van der Waals surface area (Å²) in [6.07, 6.45) is 1.09. The van der Waals surface area contributed by atoms with Gasteiger partial charge in [0.1, 0.15) is 11.8 Å². The molecule has 0 aromatic heterocycles.